The Morgan fingerprint density at radius 3 is 2.19 bits per heavy atom. The van der Waals surface area contributed by atoms with Crippen molar-refractivity contribution in [3.63, 3.8) is 0 Å². The van der Waals surface area contributed by atoms with E-state index in [4.69, 9.17) is 5.11 Å². The quantitative estimate of drug-likeness (QED) is 0.540. The average molecular weight is 227 g/mol. The molecule has 0 spiro atoms. The highest BCUT2D eigenvalue weighted by Crippen LogP contribution is 2.37. The first kappa shape index (κ1) is 14.7. The zero-order valence-electron chi connectivity index (χ0n) is 10.6. The molecule has 0 fully saturated rings. The normalized spacial score (nSPS) is 13.4. The number of carboxylic acids is 1. The molecule has 0 heterocycles. The summed E-state index contributed by atoms with van der Waals surface area (Å²) in [6.45, 7) is 9.96. The lowest BCUT2D eigenvalue weighted by Crippen LogP contribution is -2.30. The van der Waals surface area contributed by atoms with Crippen LogP contribution in [0.4, 0.5) is 0 Å². The summed E-state index contributed by atoms with van der Waals surface area (Å²) in [5, 5.41) is 11.4. The fourth-order valence-corrected chi connectivity index (χ4v) is 1.64. The first-order valence-corrected chi connectivity index (χ1v) is 5.46. The number of hydrogen-bond acceptors (Lipinski definition) is 2. The molecule has 0 aliphatic heterocycles. The lowest BCUT2D eigenvalue weighted by molar-refractivity contribution is -0.134. The van der Waals surface area contributed by atoms with Crippen LogP contribution in [0.15, 0.2) is 11.3 Å². The number of carbonyl (C=O) groups excluding carboxylic acids is 1. The van der Waals surface area contributed by atoms with Gasteiger partial charge >= 0.3 is 5.97 Å². The number of nitrogens with one attached hydrogen (secondary N) is 1. The fourth-order valence-electron chi connectivity index (χ4n) is 1.64. The molecule has 92 valence electrons. The van der Waals surface area contributed by atoms with Crippen LogP contribution in [-0.4, -0.2) is 17.5 Å². The predicted molar refractivity (Wildman–Crippen MR) is 62.8 cm³/mol. The van der Waals surface area contributed by atoms with Gasteiger partial charge in [0, 0.05) is 0 Å². The van der Waals surface area contributed by atoms with Crippen molar-refractivity contribution in [3.05, 3.63) is 11.3 Å². The van der Waals surface area contributed by atoms with E-state index in [-0.39, 0.29) is 11.1 Å². The molecule has 0 aromatic heterocycles. The Balaban J connectivity index is 5.57. The highest BCUT2D eigenvalue weighted by Gasteiger charge is 2.30. The van der Waals surface area contributed by atoms with Crippen molar-refractivity contribution in [2.75, 3.05) is 0 Å². The van der Waals surface area contributed by atoms with E-state index in [0.717, 1.165) is 5.57 Å². The Kier molecular flexibility index (Phi) is 5.21. The van der Waals surface area contributed by atoms with Gasteiger partial charge in [-0.1, -0.05) is 34.6 Å². The summed E-state index contributed by atoms with van der Waals surface area (Å²) in [4.78, 5) is 21.5. The Labute approximate surface area is 96.7 Å². The molecule has 0 saturated carbocycles. The van der Waals surface area contributed by atoms with E-state index in [1.165, 1.54) is 0 Å². The molecule has 4 nitrogen and oxygen atoms in total. The van der Waals surface area contributed by atoms with Gasteiger partial charge in [0.15, 0.2) is 0 Å². The van der Waals surface area contributed by atoms with E-state index in [2.05, 4.69) is 5.32 Å². The molecule has 0 saturated heterocycles. The van der Waals surface area contributed by atoms with Gasteiger partial charge in [0.05, 0.1) is 0 Å². The summed E-state index contributed by atoms with van der Waals surface area (Å²) < 4.78 is 0. The first-order valence-electron chi connectivity index (χ1n) is 5.46. The third-order valence-corrected chi connectivity index (χ3v) is 3.29. The van der Waals surface area contributed by atoms with Gasteiger partial charge in [-0.2, -0.15) is 0 Å². The van der Waals surface area contributed by atoms with E-state index < -0.39 is 5.97 Å². The van der Waals surface area contributed by atoms with Gasteiger partial charge < -0.3 is 10.4 Å². The minimum atomic E-state index is -1.09. The standard InChI is InChI=1S/C12H21NO3/c1-6-9(12(4,5)8(2)3)10(11(15)16)13-7-14/h7-8H,6H2,1-5H3,(H,13,14)(H,15,16). The van der Waals surface area contributed by atoms with Crippen molar-refractivity contribution in [1.82, 2.24) is 5.32 Å². The second-order valence-electron chi connectivity index (χ2n) is 4.65. The van der Waals surface area contributed by atoms with Gasteiger partial charge in [0.2, 0.25) is 6.41 Å². The summed E-state index contributed by atoms with van der Waals surface area (Å²) in [6.07, 6.45) is 1.02. The molecular weight excluding hydrogens is 206 g/mol. The number of hydrogen-bond donors (Lipinski definition) is 2. The maximum Gasteiger partial charge on any atom is 0.352 e. The Morgan fingerprint density at radius 2 is 1.94 bits per heavy atom. The molecule has 0 radical (unpaired) electrons. The SMILES string of the molecule is CCC(=C(NC=O)C(=O)O)C(C)(C)C(C)C. The van der Waals surface area contributed by atoms with Crippen molar-refractivity contribution in [3.8, 4) is 0 Å². The van der Waals surface area contributed by atoms with Gasteiger partial charge in [-0.3, -0.25) is 4.79 Å². The van der Waals surface area contributed by atoms with E-state index in [0.29, 0.717) is 18.7 Å². The largest absolute Gasteiger partial charge is 0.477 e. The Hall–Kier alpha value is -1.32. The van der Waals surface area contributed by atoms with Crippen LogP contribution in [0.3, 0.4) is 0 Å². The van der Waals surface area contributed by atoms with Gasteiger partial charge in [-0.25, -0.2) is 4.79 Å². The first-order chi connectivity index (χ1) is 7.28. The Bertz CT molecular complexity index is 303. The molecule has 0 aromatic carbocycles. The van der Waals surface area contributed by atoms with Crippen molar-refractivity contribution in [1.29, 1.82) is 0 Å². The van der Waals surface area contributed by atoms with Crippen LogP contribution in [0.5, 0.6) is 0 Å². The summed E-state index contributed by atoms with van der Waals surface area (Å²) in [6, 6.07) is 0. The number of amides is 1. The van der Waals surface area contributed by atoms with Crippen molar-refractivity contribution in [2.24, 2.45) is 11.3 Å². The fraction of sp³-hybridized carbons (Fsp3) is 0.667. The molecule has 16 heavy (non-hydrogen) atoms. The molecule has 0 aliphatic rings. The number of rotatable bonds is 6. The molecule has 0 aliphatic carbocycles. The monoisotopic (exact) mass is 227 g/mol. The van der Waals surface area contributed by atoms with E-state index >= 15 is 0 Å². The molecule has 0 atom stereocenters. The second-order valence-corrected chi connectivity index (χ2v) is 4.65. The van der Waals surface area contributed by atoms with E-state index in [9.17, 15) is 9.59 Å². The highest BCUT2D eigenvalue weighted by atomic mass is 16.4. The van der Waals surface area contributed by atoms with Crippen LogP contribution in [0.1, 0.15) is 41.0 Å². The van der Waals surface area contributed by atoms with Gasteiger partial charge in [0.1, 0.15) is 5.70 Å². The zero-order valence-corrected chi connectivity index (χ0v) is 10.6. The molecule has 0 unspecified atom stereocenters. The van der Waals surface area contributed by atoms with Crippen LogP contribution in [0, 0.1) is 11.3 Å². The van der Waals surface area contributed by atoms with E-state index in [1.54, 1.807) is 0 Å². The maximum atomic E-state index is 11.1. The minimum absolute atomic E-state index is 0.0104. The number of carboxylic acid groups (broad SMARTS) is 1. The summed E-state index contributed by atoms with van der Waals surface area (Å²) in [5.74, 6) is -0.789. The summed E-state index contributed by atoms with van der Waals surface area (Å²) in [5.41, 5.74) is 0.525. The lowest BCUT2D eigenvalue weighted by atomic mass is 9.73. The smallest absolute Gasteiger partial charge is 0.352 e. The zero-order chi connectivity index (χ0) is 12.9. The average Bonchev–Trinajstić information content (AvgIpc) is 2.16. The van der Waals surface area contributed by atoms with Crippen LogP contribution >= 0.6 is 0 Å². The predicted octanol–water partition coefficient (Wildman–Crippen LogP) is 2.16. The topological polar surface area (TPSA) is 66.4 Å². The number of carbonyl (C=O) groups is 2. The van der Waals surface area contributed by atoms with Crippen LogP contribution < -0.4 is 5.32 Å². The minimum Gasteiger partial charge on any atom is -0.477 e. The molecular formula is C12H21NO3. The third-order valence-electron chi connectivity index (χ3n) is 3.29. The second kappa shape index (κ2) is 5.68. The van der Waals surface area contributed by atoms with Crippen LogP contribution in [0.2, 0.25) is 0 Å². The Morgan fingerprint density at radius 1 is 1.44 bits per heavy atom. The van der Waals surface area contributed by atoms with Gasteiger partial charge in [0.25, 0.3) is 0 Å². The molecule has 0 rings (SSSR count). The number of aliphatic carboxylic acids is 1. The van der Waals surface area contributed by atoms with Crippen molar-refractivity contribution >= 4 is 12.4 Å². The van der Waals surface area contributed by atoms with Crippen molar-refractivity contribution in [2.45, 2.75) is 41.0 Å². The lowest BCUT2D eigenvalue weighted by Gasteiger charge is -2.33. The number of allylic oxidation sites excluding steroid dienone is 1. The molecule has 1 amide bonds. The summed E-state index contributed by atoms with van der Waals surface area (Å²) >= 11 is 0. The van der Waals surface area contributed by atoms with Gasteiger partial charge in [-0.15, -0.1) is 0 Å². The third kappa shape index (κ3) is 3.08. The van der Waals surface area contributed by atoms with Gasteiger partial charge in [-0.05, 0) is 23.3 Å². The molecule has 0 bridgehead atoms. The van der Waals surface area contributed by atoms with Crippen molar-refractivity contribution < 1.29 is 14.7 Å². The van der Waals surface area contributed by atoms with Crippen LogP contribution in [-0.2, 0) is 9.59 Å². The summed E-state index contributed by atoms with van der Waals surface area (Å²) in [7, 11) is 0. The van der Waals surface area contributed by atoms with Crippen LogP contribution in [0.25, 0.3) is 0 Å². The molecule has 0 aromatic rings. The highest BCUT2D eigenvalue weighted by molar-refractivity contribution is 5.89. The maximum absolute atomic E-state index is 11.1. The van der Waals surface area contributed by atoms with E-state index in [1.807, 2.05) is 34.6 Å². The molecule has 4 heteroatoms. The molecule has 2 N–H and O–H groups in total.